The fourth-order valence-corrected chi connectivity index (χ4v) is 4.04. The lowest BCUT2D eigenvalue weighted by Crippen LogP contribution is -2.42. The van der Waals surface area contributed by atoms with Crippen LogP contribution in [0.1, 0.15) is 77.3 Å². The average molecular weight is 443 g/mol. The molecule has 0 radical (unpaired) electrons. The van der Waals surface area contributed by atoms with Gasteiger partial charge in [-0.2, -0.15) is 0 Å². The first-order chi connectivity index (χ1) is 15.0. The Balaban J connectivity index is 1.84. The van der Waals surface area contributed by atoms with Crippen LogP contribution in [0.25, 0.3) is 0 Å². The van der Waals surface area contributed by atoms with Crippen molar-refractivity contribution in [2.24, 2.45) is 0 Å². The smallest absolute Gasteiger partial charge is 0.331 e. The second-order valence-electron chi connectivity index (χ2n) is 9.40. The van der Waals surface area contributed by atoms with Gasteiger partial charge in [-0.1, -0.05) is 29.4 Å². The van der Waals surface area contributed by atoms with Crippen LogP contribution in [0.2, 0.25) is 0 Å². The molecule has 1 aliphatic heterocycles. The van der Waals surface area contributed by atoms with E-state index >= 15 is 0 Å². The van der Waals surface area contributed by atoms with E-state index in [1.54, 1.807) is 19.1 Å². The molecule has 1 aliphatic rings. The number of hydrogen-bond donors (Lipinski definition) is 3. The standard InChI is InChI=1S/C27H38O5/c1-18(2)9-6-12-21(26(29)30)13-7-10-19(3)11-8-14-27(5,31)24-17-22-16-23(28)15-20(4)25(22)32-24/h9,11,13,15-16,24,28,31H,6-8,10,12,14,17H2,1-5H3,(H,29,30)/b19-11+,21-13+/t24-,27-/m0/s1. The van der Waals surface area contributed by atoms with Gasteiger partial charge in [0.1, 0.15) is 17.6 Å². The fourth-order valence-electron chi connectivity index (χ4n) is 4.04. The van der Waals surface area contributed by atoms with Crippen molar-refractivity contribution in [3.63, 3.8) is 0 Å². The highest BCUT2D eigenvalue weighted by molar-refractivity contribution is 5.86. The van der Waals surface area contributed by atoms with E-state index in [4.69, 9.17) is 4.74 Å². The van der Waals surface area contributed by atoms with E-state index in [0.29, 0.717) is 31.3 Å². The van der Waals surface area contributed by atoms with Gasteiger partial charge in [0.2, 0.25) is 0 Å². The quantitative estimate of drug-likeness (QED) is 0.288. The van der Waals surface area contributed by atoms with Gasteiger partial charge in [0, 0.05) is 17.6 Å². The predicted molar refractivity (Wildman–Crippen MR) is 128 cm³/mol. The lowest BCUT2D eigenvalue weighted by Gasteiger charge is -2.29. The van der Waals surface area contributed by atoms with E-state index in [0.717, 1.165) is 36.1 Å². The van der Waals surface area contributed by atoms with Crippen molar-refractivity contribution in [2.45, 2.75) is 91.3 Å². The highest BCUT2D eigenvalue weighted by Gasteiger charge is 2.38. The van der Waals surface area contributed by atoms with Crippen LogP contribution < -0.4 is 4.74 Å². The van der Waals surface area contributed by atoms with Crippen LogP contribution in [0.15, 0.2) is 47.1 Å². The maximum atomic E-state index is 11.4. The zero-order valence-electron chi connectivity index (χ0n) is 20.1. The van der Waals surface area contributed by atoms with Crippen LogP contribution in [0, 0.1) is 6.92 Å². The van der Waals surface area contributed by atoms with Gasteiger partial charge in [-0.15, -0.1) is 0 Å². The molecule has 0 saturated carbocycles. The Hall–Kier alpha value is -2.53. The van der Waals surface area contributed by atoms with Gasteiger partial charge in [-0.05, 0) is 90.8 Å². The second-order valence-corrected chi connectivity index (χ2v) is 9.40. The van der Waals surface area contributed by atoms with Crippen LogP contribution in [0.5, 0.6) is 11.5 Å². The number of allylic oxidation sites excluding steroid dienone is 5. The molecule has 2 rings (SSSR count). The van der Waals surface area contributed by atoms with Gasteiger partial charge in [0.25, 0.3) is 0 Å². The van der Waals surface area contributed by atoms with Gasteiger partial charge >= 0.3 is 5.97 Å². The van der Waals surface area contributed by atoms with Crippen molar-refractivity contribution in [1.29, 1.82) is 0 Å². The van der Waals surface area contributed by atoms with E-state index in [1.165, 1.54) is 11.1 Å². The number of rotatable bonds is 11. The van der Waals surface area contributed by atoms with Crippen molar-refractivity contribution in [2.75, 3.05) is 0 Å². The Morgan fingerprint density at radius 3 is 2.47 bits per heavy atom. The molecular weight excluding hydrogens is 404 g/mol. The molecule has 3 N–H and O–H groups in total. The van der Waals surface area contributed by atoms with Crippen molar-refractivity contribution < 1.29 is 24.9 Å². The summed E-state index contributed by atoms with van der Waals surface area (Å²) in [6, 6.07) is 3.38. The van der Waals surface area contributed by atoms with Crippen molar-refractivity contribution in [3.05, 3.63) is 58.2 Å². The highest BCUT2D eigenvalue weighted by Crippen LogP contribution is 2.39. The van der Waals surface area contributed by atoms with Gasteiger partial charge in [0.05, 0.1) is 5.60 Å². The number of fused-ring (bicyclic) bond motifs is 1. The van der Waals surface area contributed by atoms with Crippen LogP contribution in [0.4, 0.5) is 0 Å². The topological polar surface area (TPSA) is 87.0 Å². The molecule has 0 aliphatic carbocycles. The van der Waals surface area contributed by atoms with Crippen LogP contribution in [-0.2, 0) is 11.2 Å². The minimum atomic E-state index is -0.987. The molecule has 0 fully saturated rings. The zero-order valence-corrected chi connectivity index (χ0v) is 20.1. The zero-order chi connectivity index (χ0) is 23.9. The number of carbonyl (C=O) groups is 1. The number of aromatic hydroxyl groups is 1. The number of benzene rings is 1. The Kier molecular flexibility index (Phi) is 9.14. The molecule has 1 aromatic rings. The first kappa shape index (κ1) is 25.7. The summed E-state index contributed by atoms with van der Waals surface area (Å²) in [5.41, 5.74) is 3.68. The normalized spacial score (nSPS) is 18.0. The third kappa shape index (κ3) is 7.56. The van der Waals surface area contributed by atoms with Gasteiger partial charge in [0.15, 0.2) is 0 Å². The van der Waals surface area contributed by atoms with Gasteiger partial charge < -0.3 is 20.1 Å². The molecule has 0 spiro atoms. The van der Waals surface area contributed by atoms with Crippen LogP contribution >= 0.6 is 0 Å². The number of phenols is 1. The van der Waals surface area contributed by atoms with Crippen LogP contribution in [-0.4, -0.2) is 33.0 Å². The molecule has 0 saturated heterocycles. The average Bonchev–Trinajstić information content (AvgIpc) is 3.11. The van der Waals surface area contributed by atoms with Crippen LogP contribution in [0.3, 0.4) is 0 Å². The highest BCUT2D eigenvalue weighted by atomic mass is 16.5. The number of carboxylic acids is 1. The van der Waals surface area contributed by atoms with E-state index in [2.05, 4.69) is 12.2 Å². The maximum Gasteiger partial charge on any atom is 0.331 e. The number of carboxylic acid groups (broad SMARTS) is 1. The fraction of sp³-hybridized carbons (Fsp3) is 0.519. The number of phenolic OH excluding ortho intramolecular Hbond substituents is 1. The number of aliphatic hydroxyl groups is 1. The molecule has 1 aromatic carbocycles. The third-order valence-electron chi connectivity index (χ3n) is 6.01. The summed E-state index contributed by atoms with van der Waals surface area (Å²) in [7, 11) is 0. The molecule has 32 heavy (non-hydrogen) atoms. The molecule has 0 aromatic heterocycles. The third-order valence-corrected chi connectivity index (χ3v) is 6.01. The van der Waals surface area contributed by atoms with E-state index in [-0.39, 0.29) is 11.9 Å². The number of aryl methyl sites for hydroxylation is 1. The number of aliphatic carboxylic acids is 1. The summed E-state index contributed by atoms with van der Waals surface area (Å²) >= 11 is 0. The lowest BCUT2D eigenvalue weighted by molar-refractivity contribution is -0.132. The molecule has 5 heteroatoms. The molecular formula is C27H38O5. The van der Waals surface area contributed by atoms with E-state index < -0.39 is 11.6 Å². The first-order valence-corrected chi connectivity index (χ1v) is 11.4. The van der Waals surface area contributed by atoms with Crippen molar-refractivity contribution in [3.8, 4) is 11.5 Å². The molecule has 5 nitrogen and oxygen atoms in total. The number of ether oxygens (including phenoxy) is 1. The molecule has 0 amide bonds. The minimum Gasteiger partial charge on any atom is -0.508 e. The SMILES string of the molecule is CC(C)=CCC/C(=C\CC/C(C)=C/CC[C@](C)(O)[C@@H]1Cc2cc(O)cc(C)c2O1)C(=O)O. The lowest BCUT2D eigenvalue weighted by atomic mass is 9.90. The first-order valence-electron chi connectivity index (χ1n) is 11.4. The summed E-state index contributed by atoms with van der Waals surface area (Å²) in [6.45, 7) is 9.77. The minimum absolute atomic E-state index is 0.223. The maximum absolute atomic E-state index is 11.4. The molecule has 2 atom stereocenters. The van der Waals surface area contributed by atoms with Crippen molar-refractivity contribution >= 4 is 5.97 Å². The molecule has 0 bridgehead atoms. The molecule has 1 heterocycles. The van der Waals surface area contributed by atoms with Gasteiger partial charge in [-0.25, -0.2) is 4.79 Å². The number of hydrogen-bond acceptors (Lipinski definition) is 4. The van der Waals surface area contributed by atoms with E-state index in [9.17, 15) is 20.1 Å². The monoisotopic (exact) mass is 442 g/mol. The Morgan fingerprint density at radius 1 is 1.12 bits per heavy atom. The van der Waals surface area contributed by atoms with Gasteiger partial charge in [-0.3, -0.25) is 0 Å². The predicted octanol–water partition coefficient (Wildman–Crippen LogP) is 6.02. The van der Waals surface area contributed by atoms with Crippen molar-refractivity contribution in [1.82, 2.24) is 0 Å². The second kappa shape index (κ2) is 11.4. The summed E-state index contributed by atoms with van der Waals surface area (Å²) in [6.07, 6.45) is 10.3. The summed E-state index contributed by atoms with van der Waals surface area (Å²) in [5, 5.41) is 30.2. The molecule has 0 unspecified atom stereocenters. The molecule has 176 valence electrons. The Bertz CT molecular complexity index is 901. The largest absolute Gasteiger partial charge is 0.508 e. The summed E-state index contributed by atoms with van der Waals surface area (Å²) in [5.74, 6) is 0.150. The van der Waals surface area contributed by atoms with E-state index in [1.807, 2.05) is 33.8 Å². The Labute approximate surface area is 192 Å². The summed E-state index contributed by atoms with van der Waals surface area (Å²) < 4.78 is 6.03. The summed E-state index contributed by atoms with van der Waals surface area (Å²) in [4.78, 5) is 11.4. The Morgan fingerprint density at radius 2 is 1.81 bits per heavy atom.